The minimum atomic E-state index is 0.146. The summed E-state index contributed by atoms with van der Waals surface area (Å²) >= 11 is 0. The van der Waals surface area contributed by atoms with E-state index >= 15 is 0 Å². The second-order valence-corrected chi connectivity index (χ2v) is 4.09. The van der Waals surface area contributed by atoms with Gasteiger partial charge in [-0.05, 0) is 25.8 Å². The molecule has 1 aliphatic carbocycles. The van der Waals surface area contributed by atoms with Gasteiger partial charge in [-0.1, -0.05) is 6.42 Å². The lowest BCUT2D eigenvalue weighted by molar-refractivity contribution is -0.118. The summed E-state index contributed by atoms with van der Waals surface area (Å²) in [6.07, 6.45) is 5.72. The molecule has 1 saturated heterocycles. The largest absolute Gasteiger partial charge is 0.314 e. The molecule has 3 nitrogen and oxygen atoms in total. The van der Waals surface area contributed by atoms with Gasteiger partial charge in [0.2, 0.25) is 0 Å². The normalized spacial score (nSPS) is 29.2. The van der Waals surface area contributed by atoms with Crippen LogP contribution in [0.15, 0.2) is 0 Å². The Balaban J connectivity index is 1.58. The first-order valence-electron chi connectivity index (χ1n) is 5.36. The van der Waals surface area contributed by atoms with Crippen molar-refractivity contribution >= 4 is 5.78 Å². The Morgan fingerprint density at radius 2 is 2.31 bits per heavy atom. The van der Waals surface area contributed by atoms with Gasteiger partial charge in [-0.25, -0.2) is 0 Å². The molecule has 2 aliphatic rings. The molecular weight excluding hydrogens is 164 g/mol. The average Bonchev–Trinajstić information content (AvgIpc) is 2.42. The van der Waals surface area contributed by atoms with E-state index in [2.05, 4.69) is 10.6 Å². The highest BCUT2D eigenvalue weighted by Gasteiger charge is 2.23. The molecule has 1 heterocycles. The maximum atomic E-state index is 11.2. The van der Waals surface area contributed by atoms with Crippen LogP contribution in [-0.4, -0.2) is 31.0 Å². The lowest BCUT2D eigenvalue weighted by Crippen LogP contribution is -2.39. The summed E-state index contributed by atoms with van der Waals surface area (Å²) < 4.78 is 0. The van der Waals surface area contributed by atoms with Gasteiger partial charge in [-0.2, -0.15) is 0 Å². The molecule has 3 heteroatoms. The van der Waals surface area contributed by atoms with Crippen molar-refractivity contribution in [2.24, 2.45) is 0 Å². The highest BCUT2D eigenvalue weighted by molar-refractivity contribution is 5.86. The van der Waals surface area contributed by atoms with Gasteiger partial charge in [0.15, 0.2) is 5.78 Å². The van der Waals surface area contributed by atoms with E-state index in [0.29, 0.717) is 5.78 Å². The lowest BCUT2D eigenvalue weighted by atomic mass is 9.93. The highest BCUT2D eigenvalue weighted by atomic mass is 16.1. The van der Waals surface area contributed by atoms with Crippen LogP contribution in [0, 0.1) is 0 Å². The van der Waals surface area contributed by atoms with Crippen molar-refractivity contribution in [3.05, 3.63) is 0 Å². The third-order valence-corrected chi connectivity index (χ3v) is 3.12. The van der Waals surface area contributed by atoms with Crippen molar-refractivity contribution in [2.45, 2.75) is 44.2 Å². The van der Waals surface area contributed by atoms with Gasteiger partial charge in [-0.15, -0.1) is 0 Å². The summed E-state index contributed by atoms with van der Waals surface area (Å²) in [4.78, 5) is 11.2. The summed E-state index contributed by atoms with van der Waals surface area (Å²) in [5, 5.41) is 6.70. The van der Waals surface area contributed by atoms with Crippen LogP contribution in [-0.2, 0) is 4.79 Å². The van der Waals surface area contributed by atoms with Crippen molar-refractivity contribution in [1.82, 2.24) is 10.6 Å². The van der Waals surface area contributed by atoms with Crippen LogP contribution >= 0.6 is 0 Å². The van der Waals surface area contributed by atoms with Gasteiger partial charge in [-0.3, -0.25) is 4.79 Å². The Kier molecular flexibility index (Phi) is 2.96. The number of ketones is 1. The maximum Gasteiger partial charge on any atom is 0.151 e. The summed E-state index contributed by atoms with van der Waals surface area (Å²) in [6, 6.07) is 0.893. The van der Waals surface area contributed by atoms with Crippen LogP contribution < -0.4 is 10.6 Å². The number of hydrogen-bond donors (Lipinski definition) is 2. The summed E-state index contributed by atoms with van der Waals surface area (Å²) in [5.41, 5.74) is 0. The number of hydrogen-bond acceptors (Lipinski definition) is 3. The van der Waals surface area contributed by atoms with E-state index in [4.69, 9.17) is 0 Å². The molecule has 74 valence electrons. The molecule has 0 aromatic carbocycles. The van der Waals surface area contributed by atoms with Crippen LogP contribution in [0.2, 0.25) is 0 Å². The van der Waals surface area contributed by atoms with E-state index in [9.17, 15) is 4.79 Å². The van der Waals surface area contributed by atoms with E-state index in [-0.39, 0.29) is 6.04 Å². The monoisotopic (exact) mass is 182 g/mol. The smallest absolute Gasteiger partial charge is 0.151 e. The van der Waals surface area contributed by atoms with Crippen molar-refractivity contribution in [3.8, 4) is 0 Å². The first kappa shape index (κ1) is 9.16. The molecule has 1 atom stereocenters. The molecule has 0 spiro atoms. The van der Waals surface area contributed by atoms with Gasteiger partial charge < -0.3 is 10.6 Å². The first-order valence-corrected chi connectivity index (χ1v) is 5.36. The molecule has 2 fully saturated rings. The van der Waals surface area contributed by atoms with E-state index in [1.807, 2.05) is 0 Å². The number of nitrogens with one attached hydrogen (secondary N) is 2. The van der Waals surface area contributed by atoms with Crippen molar-refractivity contribution in [1.29, 1.82) is 0 Å². The van der Waals surface area contributed by atoms with Crippen molar-refractivity contribution in [2.75, 3.05) is 13.1 Å². The Morgan fingerprint density at radius 3 is 2.85 bits per heavy atom. The van der Waals surface area contributed by atoms with E-state index in [1.54, 1.807) is 0 Å². The van der Waals surface area contributed by atoms with Gasteiger partial charge in [0.05, 0.1) is 6.04 Å². The Morgan fingerprint density at radius 1 is 1.46 bits per heavy atom. The summed E-state index contributed by atoms with van der Waals surface area (Å²) in [5.74, 6) is 0.399. The quantitative estimate of drug-likeness (QED) is 0.663. The predicted octanol–water partition coefficient (Wildman–Crippen LogP) is 0.450. The van der Waals surface area contributed by atoms with Crippen molar-refractivity contribution in [3.63, 3.8) is 0 Å². The van der Waals surface area contributed by atoms with E-state index in [0.717, 1.165) is 32.0 Å². The van der Waals surface area contributed by atoms with Crippen LogP contribution in [0.5, 0.6) is 0 Å². The molecule has 0 aromatic rings. The number of Topliss-reactive ketones (excluding diaryl/α,β-unsaturated/α-hetero) is 1. The van der Waals surface area contributed by atoms with Crippen LogP contribution in [0.25, 0.3) is 0 Å². The maximum absolute atomic E-state index is 11.2. The molecule has 0 amide bonds. The molecule has 0 radical (unpaired) electrons. The fourth-order valence-electron chi connectivity index (χ4n) is 1.96. The number of carbonyl (C=O) groups excluding carboxylic acids is 1. The van der Waals surface area contributed by atoms with Crippen LogP contribution in [0.4, 0.5) is 0 Å². The third-order valence-electron chi connectivity index (χ3n) is 3.12. The predicted molar refractivity (Wildman–Crippen MR) is 51.7 cm³/mol. The SMILES string of the molecule is O=C1CCNC1CCNC1CCC1. The second-order valence-electron chi connectivity index (χ2n) is 4.09. The fourth-order valence-corrected chi connectivity index (χ4v) is 1.96. The van der Waals surface area contributed by atoms with E-state index < -0.39 is 0 Å². The topological polar surface area (TPSA) is 41.1 Å². The third kappa shape index (κ3) is 2.29. The summed E-state index contributed by atoms with van der Waals surface area (Å²) in [6.45, 7) is 1.88. The minimum absolute atomic E-state index is 0.146. The highest BCUT2D eigenvalue weighted by Crippen LogP contribution is 2.17. The Bertz CT molecular complexity index is 189. The molecular formula is C10H18N2O. The molecule has 1 saturated carbocycles. The zero-order valence-electron chi connectivity index (χ0n) is 8.01. The zero-order chi connectivity index (χ0) is 9.10. The molecule has 13 heavy (non-hydrogen) atoms. The molecule has 2 N–H and O–H groups in total. The Hall–Kier alpha value is -0.410. The summed E-state index contributed by atoms with van der Waals surface area (Å²) in [7, 11) is 0. The fraction of sp³-hybridized carbons (Fsp3) is 0.900. The zero-order valence-corrected chi connectivity index (χ0v) is 8.01. The number of carbonyl (C=O) groups is 1. The van der Waals surface area contributed by atoms with Gasteiger partial charge in [0.25, 0.3) is 0 Å². The van der Waals surface area contributed by atoms with Crippen LogP contribution in [0.1, 0.15) is 32.1 Å². The molecule has 2 rings (SSSR count). The number of rotatable bonds is 4. The Labute approximate surface area is 79.3 Å². The molecule has 0 aromatic heterocycles. The average molecular weight is 182 g/mol. The van der Waals surface area contributed by atoms with Gasteiger partial charge in [0, 0.05) is 19.0 Å². The van der Waals surface area contributed by atoms with E-state index in [1.165, 1.54) is 19.3 Å². The second kappa shape index (κ2) is 4.20. The molecule has 1 unspecified atom stereocenters. The van der Waals surface area contributed by atoms with Crippen molar-refractivity contribution < 1.29 is 4.79 Å². The standard InChI is InChI=1S/C10H18N2O/c13-10-5-7-12-9(10)4-6-11-8-2-1-3-8/h8-9,11-12H,1-7H2. The molecule has 1 aliphatic heterocycles. The first-order chi connectivity index (χ1) is 6.36. The van der Waals surface area contributed by atoms with Gasteiger partial charge >= 0.3 is 0 Å². The van der Waals surface area contributed by atoms with Gasteiger partial charge in [0.1, 0.15) is 0 Å². The lowest BCUT2D eigenvalue weighted by Gasteiger charge is -2.26. The van der Waals surface area contributed by atoms with Crippen LogP contribution in [0.3, 0.4) is 0 Å². The molecule has 0 bridgehead atoms. The minimum Gasteiger partial charge on any atom is -0.314 e.